The highest BCUT2D eigenvalue weighted by molar-refractivity contribution is 7.99. The number of aromatic amines is 1. The third-order valence-corrected chi connectivity index (χ3v) is 4.43. The molecule has 0 aliphatic rings. The van der Waals surface area contributed by atoms with Gasteiger partial charge in [-0.25, -0.2) is 9.89 Å². The molecular formula is C12H24N4OS. The molecule has 1 aromatic rings. The van der Waals surface area contributed by atoms with Crippen molar-refractivity contribution in [2.45, 2.75) is 69.4 Å². The topological polar surface area (TPSA) is 76.7 Å². The second-order valence-corrected chi connectivity index (χ2v) is 6.00. The first-order chi connectivity index (χ1) is 8.51. The Kier molecular flexibility index (Phi) is 5.95. The summed E-state index contributed by atoms with van der Waals surface area (Å²) in [6, 6.07) is 0.260. The Morgan fingerprint density at radius 3 is 2.61 bits per heavy atom. The highest BCUT2D eigenvalue weighted by atomic mass is 32.2. The Morgan fingerprint density at radius 1 is 1.44 bits per heavy atom. The van der Waals surface area contributed by atoms with Gasteiger partial charge in [-0.1, -0.05) is 32.0 Å². The molecule has 0 saturated heterocycles. The minimum absolute atomic E-state index is 0.110. The van der Waals surface area contributed by atoms with E-state index >= 15 is 0 Å². The number of aromatic nitrogens is 3. The van der Waals surface area contributed by atoms with Crippen LogP contribution < -0.4 is 11.4 Å². The minimum atomic E-state index is -0.147. The number of hydrogen-bond acceptors (Lipinski definition) is 4. The van der Waals surface area contributed by atoms with Crippen molar-refractivity contribution in [3.8, 4) is 0 Å². The summed E-state index contributed by atoms with van der Waals surface area (Å²) in [5, 5.41) is 7.66. The maximum atomic E-state index is 11.6. The third kappa shape index (κ3) is 3.62. The molecule has 2 atom stereocenters. The molecule has 0 fully saturated rings. The summed E-state index contributed by atoms with van der Waals surface area (Å²) in [5.41, 5.74) is 6.03. The lowest BCUT2D eigenvalue weighted by Gasteiger charge is -2.21. The molecule has 3 N–H and O–H groups in total. The van der Waals surface area contributed by atoms with Crippen molar-refractivity contribution in [2.75, 3.05) is 0 Å². The van der Waals surface area contributed by atoms with Gasteiger partial charge < -0.3 is 5.73 Å². The van der Waals surface area contributed by atoms with Crippen LogP contribution in [0.5, 0.6) is 0 Å². The third-order valence-electron chi connectivity index (χ3n) is 2.95. The van der Waals surface area contributed by atoms with Crippen LogP contribution in [0, 0.1) is 0 Å². The summed E-state index contributed by atoms with van der Waals surface area (Å²) in [6.07, 6.45) is 3.06. The Hall–Kier alpha value is -0.750. The molecule has 2 unspecified atom stereocenters. The molecule has 1 aromatic heterocycles. The van der Waals surface area contributed by atoms with Gasteiger partial charge in [0.05, 0.1) is 0 Å². The van der Waals surface area contributed by atoms with Crippen molar-refractivity contribution in [2.24, 2.45) is 5.73 Å². The van der Waals surface area contributed by atoms with Crippen LogP contribution in [-0.4, -0.2) is 26.1 Å². The molecule has 18 heavy (non-hydrogen) atoms. The van der Waals surface area contributed by atoms with Crippen molar-refractivity contribution >= 4 is 11.8 Å². The molecule has 0 spiro atoms. The van der Waals surface area contributed by atoms with Crippen LogP contribution in [-0.2, 0) is 0 Å². The Morgan fingerprint density at radius 2 is 2.11 bits per heavy atom. The summed E-state index contributed by atoms with van der Waals surface area (Å²) >= 11 is 1.61. The first kappa shape index (κ1) is 15.3. The fraction of sp³-hybridized carbons (Fsp3) is 0.833. The van der Waals surface area contributed by atoms with E-state index < -0.39 is 0 Å². The molecular weight excluding hydrogens is 248 g/mol. The highest BCUT2D eigenvalue weighted by Crippen LogP contribution is 2.27. The molecule has 0 amide bonds. The second-order valence-electron chi connectivity index (χ2n) is 4.79. The fourth-order valence-electron chi connectivity index (χ4n) is 1.96. The van der Waals surface area contributed by atoms with Crippen molar-refractivity contribution < 1.29 is 0 Å². The smallest absolute Gasteiger partial charge is 0.327 e. The van der Waals surface area contributed by atoms with Gasteiger partial charge in [-0.15, -0.1) is 5.10 Å². The van der Waals surface area contributed by atoms with Gasteiger partial charge >= 0.3 is 5.69 Å². The lowest BCUT2D eigenvalue weighted by atomic mass is 10.1. The molecule has 5 nitrogen and oxygen atoms in total. The van der Waals surface area contributed by atoms with Crippen LogP contribution in [0.1, 0.15) is 53.0 Å². The number of nitrogens with zero attached hydrogens (tertiary/aromatic N) is 2. The second kappa shape index (κ2) is 6.99. The number of hydrogen-bond donors (Lipinski definition) is 2. The van der Waals surface area contributed by atoms with Crippen molar-refractivity contribution in [3.05, 3.63) is 10.5 Å². The summed E-state index contributed by atoms with van der Waals surface area (Å²) < 4.78 is 1.69. The standard InChI is InChI=1S/C12H24N4OS/c1-5-7-9(13)10(6-2)18-12-15-14-11(17)16(12)8(3)4/h8-10H,5-7,13H2,1-4H3,(H,14,17). The lowest BCUT2D eigenvalue weighted by molar-refractivity contribution is 0.527. The minimum Gasteiger partial charge on any atom is -0.327 e. The quantitative estimate of drug-likeness (QED) is 0.746. The maximum absolute atomic E-state index is 11.6. The van der Waals surface area contributed by atoms with Crippen LogP contribution in [0.2, 0.25) is 0 Å². The van der Waals surface area contributed by atoms with E-state index in [0.29, 0.717) is 5.25 Å². The van der Waals surface area contributed by atoms with Crippen molar-refractivity contribution in [3.63, 3.8) is 0 Å². The summed E-state index contributed by atoms with van der Waals surface area (Å²) in [4.78, 5) is 11.6. The van der Waals surface area contributed by atoms with Crippen LogP contribution in [0.25, 0.3) is 0 Å². The zero-order valence-electron chi connectivity index (χ0n) is 11.6. The predicted molar refractivity (Wildman–Crippen MR) is 76.1 cm³/mol. The summed E-state index contributed by atoms with van der Waals surface area (Å²) in [7, 11) is 0. The summed E-state index contributed by atoms with van der Waals surface area (Å²) in [6.45, 7) is 8.22. The van der Waals surface area contributed by atoms with Gasteiger partial charge in [-0.2, -0.15) is 0 Å². The van der Waals surface area contributed by atoms with Gasteiger partial charge in [0, 0.05) is 17.3 Å². The van der Waals surface area contributed by atoms with E-state index in [9.17, 15) is 4.79 Å². The molecule has 0 aromatic carbocycles. The van der Waals surface area contributed by atoms with Crippen LogP contribution >= 0.6 is 11.8 Å². The van der Waals surface area contributed by atoms with Crippen LogP contribution in [0.3, 0.4) is 0 Å². The zero-order valence-corrected chi connectivity index (χ0v) is 12.5. The average molecular weight is 272 g/mol. The zero-order chi connectivity index (χ0) is 13.7. The highest BCUT2D eigenvalue weighted by Gasteiger charge is 2.21. The molecule has 104 valence electrons. The number of nitrogens with one attached hydrogen (secondary N) is 1. The molecule has 6 heteroatoms. The number of rotatable bonds is 7. The molecule has 0 aliphatic heterocycles. The first-order valence-electron chi connectivity index (χ1n) is 6.60. The van der Waals surface area contributed by atoms with E-state index in [0.717, 1.165) is 24.4 Å². The van der Waals surface area contributed by atoms with Gasteiger partial charge in [-0.05, 0) is 26.7 Å². The Labute approximate surface area is 113 Å². The Balaban J connectivity index is 2.85. The van der Waals surface area contributed by atoms with E-state index in [4.69, 9.17) is 5.73 Å². The largest absolute Gasteiger partial charge is 0.344 e. The van der Waals surface area contributed by atoms with Crippen LogP contribution in [0.15, 0.2) is 9.95 Å². The SMILES string of the molecule is CCCC(N)C(CC)Sc1n[nH]c(=O)n1C(C)C. The van der Waals surface area contributed by atoms with Gasteiger partial charge in [0.25, 0.3) is 0 Å². The van der Waals surface area contributed by atoms with Crippen molar-refractivity contribution in [1.82, 2.24) is 14.8 Å². The van der Waals surface area contributed by atoms with Gasteiger partial charge in [0.1, 0.15) is 0 Å². The van der Waals surface area contributed by atoms with Gasteiger partial charge in [0.2, 0.25) is 0 Å². The molecule has 0 radical (unpaired) electrons. The molecule has 1 heterocycles. The van der Waals surface area contributed by atoms with E-state index in [2.05, 4.69) is 24.0 Å². The molecule has 1 rings (SSSR count). The van der Waals surface area contributed by atoms with Gasteiger partial charge in [-0.3, -0.25) is 4.57 Å². The van der Waals surface area contributed by atoms with E-state index in [1.807, 2.05) is 13.8 Å². The van der Waals surface area contributed by atoms with Gasteiger partial charge in [0.15, 0.2) is 5.16 Å². The number of nitrogens with two attached hydrogens (primary N) is 1. The fourth-order valence-corrected chi connectivity index (χ4v) is 3.21. The van der Waals surface area contributed by atoms with E-state index in [1.165, 1.54) is 0 Å². The molecule has 0 aliphatic carbocycles. The van der Waals surface area contributed by atoms with Crippen molar-refractivity contribution in [1.29, 1.82) is 0 Å². The lowest BCUT2D eigenvalue weighted by Crippen LogP contribution is -2.32. The number of H-pyrrole nitrogens is 1. The summed E-state index contributed by atoms with van der Waals surface area (Å²) in [5.74, 6) is 0. The predicted octanol–water partition coefficient (Wildman–Crippen LogP) is 2.15. The first-order valence-corrected chi connectivity index (χ1v) is 7.48. The monoisotopic (exact) mass is 272 g/mol. The van der Waals surface area contributed by atoms with E-state index in [-0.39, 0.29) is 17.8 Å². The van der Waals surface area contributed by atoms with Crippen LogP contribution in [0.4, 0.5) is 0 Å². The maximum Gasteiger partial charge on any atom is 0.344 e. The number of thioether (sulfide) groups is 1. The normalized spacial score (nSPS) is 15.0. The molecule has 0 saturated carbocycles. The van der Waals surface area contributed by atoms with E-state index in [1.54, 1.807) is 16.3 Å². The average Bonchev–Trinajstić information content (AvgIpc) is 2.67. The molecule has 0 bridgehead atoms. The Bertz CT molecular complexity index is 412.